The second kappa shape index (κ2) is 5.83. The fourth-order valence-electron chi connectivity index (χ4n) is 1.89. The Morgan fingerprint density at radius 3 is 2.41 bits per heavy atom. The Balaban J connectivity index is 2.20. The Bertz CT molecular complexity index is 492. The molecule has 88 valence electrons. The van der Waals surface area contributed by atoms with Crippen LogP contribution >= 0.6 is 31.9 Å². The minimum atomic E-state index is 0.363. The third-order valence-electron chi connectivity index (χ3n) is 2.90. The molecule has 0 saturated heterocycles. The molecule has 0 aliphatic carbocycles. The van der Waals surface area contributed by atoms with Gasteiger partial charge in [0.2, 0.25) is 0 Å². The summed E-state index contributed by atoms with van der Waals surface area (Å²) in [5.74, 6) is 0. The molecule has 1 atom stereocenters. The summed E-state index contributed by atoms with van der Waals surface area (Å²) in [4.78, 5) is 0.363. The van der Waals surface area contributed by atoms with Gasteiger partial charge in [0.1, 0.15) is 0 Å². The van der Waals surface area contributed by atoms with Gasteiger partial charge in [-0.3, -0.25) is 0 Å². The van der Waals surface area contributed by atoms with E-state index < -0.39 is 0 Å². The van der Waals surface area contributed by atoms with E-state index in [0.717, 1.165) is 6.42 Å². The summed E-state index contributed by atoms with van der Waals surface area (Å²) < 4.78 is 1.17. The van der Waals surface area contributed by atoms with Crippen molar-refractivity contribution in [3.63, 3.8) is 0 Å². The standard InChI is InChI=1S/C15H14Br2/c1-11-13(8-5-9-14(11)16)15(17)10-12-6-3-2-4-7-12/h2-9,15H,10H2,1H3. The van der Waals surface area contributed by atoms with Gasteiger partial charge in [-0.1, -0.05) is 74.3 Å². The minimum Gasteiger partial charge on any atom is -0.0835 e. The molecule has 0 heterocycles. The first kappa shape index (κ1) is 12.8. The smallest absolute Gasteiger partial charge is 0.0438 e. The van der Waals surface area contributed by atoms with Crippen molar-refractivity contribution in [1.29, 1.82) is 0 Å². The van der Waals surface area contributed by atoms with E-state index in [4.69, 9.17) is 0 Å². The first-order chi connectivity index (χ1) is 8.18. The Morgan fingerprint density at radius 2 is 1.71 bits per heavy atom. The van der Waals surface area contributed by atoms with E-state index in [9.17, 15) is 0 Å². The Labute approximate surface area is 119 Å². The average molecular weight is 354 g/mol. The van der Waals surface area contributed by atoms with E-state index in [1.54, 1.807) is 0 Å². The molecule has 0 spiro atoms. The maximum Gasteiger partial charge on any atom is 0.0438 e. The lowest BCUT2D eigenvalue weighted by Crippen LogP contribution is -1.98. The van der Waals surface area contributed by atoms with Crippen LogP contribution in [0.2, 0.25) is 0 Å². The Hall–Kier alpha value is -0.600. The summed E-state index contributed by atoms with van der Waals surface area (Å²) in [7, 11) is 0. The van der Waals surface area contributed by atoms with Gasteiger partial charge in [-0.15, -0.1) is 0 Å². The molecule has 0 aliphatic rings. The van der Waals surface area contributed by atoms with Gasteiger partial charge in [-0.05, 0) is 36.1 Å². The SMILES string of the molecule is Cc1c(Br)cccc1C(Br)Cc1ccccc1. The molecule has 0 N–H and O–H groups in total. The lowest BCUT2D eigenvalue weighted by molar-refractivity contribution is 0.936. The molecule has 1 unspecified atom stereocenters. The molecule has 2 rings (SSSR count). The fourth-order valence-corrected chi connectivity index (χ4v) is 3.15. The van der Waals surface area contributed by atoms with Crippen molar-refractivity contribution in [2.75, 3.05) is 0 Å². The van der Waals surface area contributed by atoms with E-state index >= 15 is 0 Å². The van der Waals surface area contributed by atoms with Gasteiger partial charge < -0.3 is 0 Å². The number of alkyl halides is 1. The van der Waals surface area contributed by atoms with Crippen LogP contribution in [0.25, 0.3) is 0 Å². The van der Waals surface area contributed by atoms with E-state index in [0.29, 0.717) is 4.83 Å². The van der Waals surface area contributed by atoms with Crippen LogP contribution in [0, 0.1) is 6.92 Å². The van der Waals surface area contributed by atoms with Gasteiger partial charge in [-0.25, -0.2) is 0 Å². The van der Waals surface area contributed by atoms with Crippen molar-refractivity contribution in [1.82, 2.24) is 0 Å². The zero-order chi connectivity index (χ0) is 12.3. The van der Waals surface area contributed by atoms with Gasteiger partial charge in [0, 0.05) is 9.30 Å². The van der Waals surface area contributed by atoms with Crippen LogP contribution in [0.3, 0.4) is 0 Å². The lowest BCUT2D eigenvalue weighted by atomic mass is 10.0. The first-order valence-electron chi connectivity index (χ1n) is 5.61. The van der Waals surface area contributed by atoms with Gasteiger partial charge in [-0.2, -0.15) is 0 Å². The number of hydrogen-bond donors (Lipinski definition) is 0. The highest BCUT2D eigenvalue weighted by Gasteiger charge is 2.12. The van der Waals surface area contributed by atoms with Crippen LogP contribution in [0.15, 0.2) is 53.0 Å². The average Bonchev–Trinajstić information content (AvgIpc) is 2.34. The minimum absolute atomic E-state index is 0.363. The summed E-state index contributed by atoms with van der Waals surface area (Å²) in [6.45, 7) is 2.15. The molecule has 0 fully saturated rings. The number of benzene rings is 2. The monoisotopic (exact) mass is 352 g/mol. The van der Waals surface area contributed by atoms with Crippen LogP contribution in [0.5, 0.6) is 0 Å². The van der Waals surface area contributed by atoms with Crippen molar-refractivity contribution in [2.24, 2.45) is 0 Å². The predicted molar refractivity (Wildman–Crippen MR) is 80.7 cm³/mol. The van der Waals surface area contributed by atoms with E-state index in [1.807, 2.05) is 0 Å². The molecule has 0 aliphatic heterocycles. The van der Waals surface area contributed by atoms with Crippen LogP contribution in [0.1, 0.15) is 21.5 Å². The lowest BCUT2D eigenvalue weighted by Gasteiger charge is -2.14. The maximum absolute atomic E-state index is 3.79. The Morgan fingerprint density at radius 1 is 1.00 bits per heavy atom. The summed E-state index contributed by atoms with van der Waals surface area (Å²) in [6.07, 6.45) is 1.01. The van der Waals surface area contributed by atoms with Gasteiger partial charge in [0.15, 0.2) is 0 Å². The molecule has 2 heteroatoms. The van der Waals surface area contributed by atoms with Crippen LogP contribution in [0.4, 0.5) is 0 Å². The number of hydrogen-bond acceptors (Lipinski definition) is 0. The molecule has 2 aromatic rings. The van der Waals surface area contributed by atoms with Crippen LogP contribution < -0.4 is 0 Å². The highest BCUT2D eigenvalue weighted by molar-refractivity contribution is 9.10. The normalized spacial score (nSPS) is 12.4. The summed E-state index contributed by atoms with van der Waals surface area (Å²) in [6, 6.07) is 16.9. The topological polar surface area (TPSA) is 0 Å². The maximum atomic E-state index is 3.79. The molecular weight excluding hydrogens is 340 g/mol. The first-order valence-corrected chi connectivity index (χ1v) is 7.32. The molecule has 0 aromatic heterocycles. The van der Waals surface area contributed by atoms with Crippen LogP contribution in [-0.2, 0) is 6.42 Å². The highest BCUT2D eigenvalue weighted by atomic mass is 79.9. The van der Waals surface area contributed by atoms with Crippen molar-refractivity contribution in [3.05, 3.63) is 69.7 Å². The van der Waals surface area contributed by atoms with Gasteiger partial charge in [0.25, 0.3) is 0 Å². The molecule has 0 amide bonds. The van der Waals surface area contributed by atoms with Crippen LogP contribution in [-0.4, -0.2) is 0 Å². The second-order valence-electron chi connectivity index (χ2n) is 4.11. The highest BCUT2D eigenvalue weighted by Crippen LogP contribution is 2.32. The van der Waals surface area contributed by atoms with Crippen molar-refractivity contribution < 1.29 is 0 Å². The number of halogens is 2. The second-order valence-corrected chi connectivity index (χ2v) is 6.07. The fraction of sp³-hybridized carbons (Fsp3) is 0.200. The summed E-state index contributed by atoms with van der Waals surface area (Å²) >= 11 is 7.37. The molecular formula is C15H14Br2. The molecule has 0 nitrogen and oxygen atoms in total. The zero-order valence-electron chi connectivity index (χ0n) is 9.66. The molecule has 17 heavy (non-hydrogen) atoms. The van der Waals surface area contributed by atoms with E-state index in [2.05, 4.69) is 87.3 Å². The third kappa shape index (κ3) is 3.20. The molecule has 0 bridgehead atoms. The van der Waals surface area contributed by atoms with Gasteiger partial charge in [0.05, 0.1) is 0 Å². The predicted octanol–water partition coefficient (Wildman–Crippen LogP) is 5.44. The Kier molecular flexibility index (Phi) is 4.41. The molecule has 2 aromatic carbocycles. The summed E-state index contributed by atoms with van der Waals surface area (Å²) in [5, 5.41) is 0. The van der Waals surface area contributed by atoms with E-state index in [1.165, 1.54) is 21.2 Å². The van der Waals surface area contributed by atoms with Crippen molar-refractivity contribution in [2.45, 2.75) is 18.2 Å². The third-order valence-corrected chi connectivity index (χ3v) is 4.58. The van der Waals surface area contributed by atoms with Gasteiger partial charge >= 0.3 is 0 Å². The van der Waals surface area contributed by atoms with Crippen molar-refractivity contribution in [3.8, 4) is 0 Å². The van der Waals surface area contributed by atoms with E-state index in [-0.39, 0.29) is 0 Å². The summed E-state index contributed by atoms with van der Waals surface area (Å²) in [5.41, 5.74) is 4.02. The number of rotatable bonds is 3. The molecule has 0 saturated carbocycles. The van der Waals surface area contributed by atoms with Crippen molar-refractivity contribution >= 4 is 31.9 Å². The largest absolute Gasteiger partial charge is 0.0835 e. The zero-order valence-corrected chi connectivity index (χ0v) is 12.8. The quantitative estimate of drug-likeness (QED) is 0.645. The molecule has 0 radical (unpaired) electrons.